The maximum Gasteiger partial charge on any atom is 0.123 e. The Labute approximate surface area is 168 Å². The van der Waals surface area contributed by atoms with Gasteiger partial charge in [-0.25, -0.2) is 9.37 Å². The zero-order valence-corrected chi connectivity index (χ0v) is 15.9. The Bertz CT molecular complexity index is 1330. The molecule has 0 atom stereocenters. The molecule has 3 heteroatoms. The molecule has 4 aromatic carbocycles. The van der Waals surface area contributed by atoms with Crippen LogP contribution in [0.3, 0.4) is 0 Å². The van der Waals surface area contributed by atoms with Crippen LogP contribution in [0.5, 0.6) is 5.75 Å². The second kappa shape index (κ2) is 7.02. The van der Waals surface area contributed by atoms with Crippen molar-refractivity contribution < 1.29 is 9.13 Å². The van der Waals surface area contributed by atoms with E-state index < -0.39 is 0 Å². The number of halogens is 1. The summed E-state index contributed by atoms with van der Waals surface area (Å²) in [6, 6.07) is 29.1. The zero-order valence-electron chi connectivity index (χ0n) is 15.9. The molecule has 0 amide bonds. The van der Waals surface area contributed by atoms with Gasteiger partial charge in [0.2, 0.25) is 0 Å². The normalized spacial score (nSPS) is 11.1. The van der Waals surface area contributed by atoms with Crippen molar-refractivity contribution in [3.05, 3.63) is 96.8 Å². The van der Waals surface area contributed by atoms with Crippen molar-refractivity contribution in [1.82, 2.24) is 4.98 Å². The number of pyridine rings is 1. The fourth-order valence-electron chi connectivity index (χ4n) is 3.77. The number of hydrogen-bond donors (Lipinski definition) is 0. The minimum atomic E-state index is -0.254. The number of nitrogens with zero attached hydrogens (tertiary/aromatic N) is 1. The molecule has 0 N–H and O–H groups in total. The summed E-state index contributed by atoms with van der Waals surface area (Å²) in [6.45, 7) is 0. The van der Waals surface area contributed by atoms with Gasteiger partial charge in [0.1, 0.15) is 11.6 Å². The van der Waals surface area contributed by atoms with Crippen LogP contribution < -0.4 is 4.74 Å². The Kier molecular flexibility index (Phi) is 4.21. The molecule has 0 unspecified atom stereocenters. The monoisotopic (exact) mass is 379 g/mol. The lowest BCUT2D eigenvalue weighted by Gasteiger charge is -2.13. The van der Waals surface area contributed by atoms with Crippen LogP contribution in [0.25, 0.3) is 44.1 Å². The molecule has 2 nitrogen and oxygen atoms in total. The number of benzene rings is 4. The predicted octanol–water partition coefficient (Wildman–Crippen LogP) is 6.87. The van der Waals surface area contributed by atoms with Crippen molar-refractivity contribution in [3.8, 4) is 28.1 Å². The van der Waals surface area contributed by atoms with Gasteiger partial charge in [0.15, 0.2) is 0 Å². The van der Waals surface area contributed by atoms with Crippen LogP contribution in [-0.2, 0) is 0 Å². The molecule has 0 radical (unpaired) electrons. The summed E-state index contributed by atoms with van der Waals surface area (Å²) in [4.78, 5) is 4.90. The number of hydrogen-bond acceptors (Lipinski definition) is 2. The molecule has 0 spiro atoms. The van der Waals surface area contributed by atoms with E-state index in [2.05, 4.69) is 42.5 Å². The van der Waals surface area contributed by atoms with E-state index in [1.807, 2.05) is 24.3 Å². The second-order valence-corrected chi connectivity index (χ2v) is 6.97. The van der Waals surface area contributed by atoms with Crippen molar-refractivity contribution >= 4 is 21.7 Å². The SMILES string of the molecule is COc1ccc(-c2cc(-c3ccc(F)cc3)nc3ccc4ccccc4c23)cc1. The Morgan fingerprint density at radius 3 is 2.24 bits per heavy atom. The molecule has 0 aliphatic rings. The summed E-state index contributed by atoms with van der Waals surface area (Å²) >= 11 is 0. The van der Waals surface area contributed by atoms with Gasteiger partial charge in [-0.3, -0.25) is 0 Å². The third-order valence-corrected chi connectivity index (χ3v) is 5.24. The van der Waals surface area contributed by atoms with E-state index >= 15 is 0 Å². The number of rotatable bonds is 3. The van der Waals surface area contributed by atoms with Gasteiger partial charge >= 0.3 is 0 Å². The molecule has 1 heterocycles. The van der Waals surface area contributed by atoms with Crippen LogP contribution in [0.4, 0.5) is 4.39 Å². The molecule has 0 aliphatic heterocycles. The van der Waals surface area contributed by atoms with Crippen LogP contribution >= 0.6 is 0 Å². The second-order valence-electron chi connectivity index (χ2n) is 6.97. The van der Waals surface area contributed by atoms with Gasteiger partial charge < -0.3 is 4.74 Å². The molecule has 1 aromatic heterocycles. The first-order valence-corrected chi connectivity index (χ1v) is 9.46. The fourth-order valence-corrected chi connectivity index (χ4v) is 3.77. The van der Waals surface area contributed by atoms with Crippen molar-refractivity contribution in [3.63, 3.8) is 0 Å². The lowest BCUT2D eigenvalue weighted by molar-refractivity contribution is 0.415. The first kappa shape index (κ1) is 17.4. The highest BCUT2D eigenvalue weighted by Gasteiger charge is 2.13. The molecule has 0 saturated carbocycles. The van der Waals surface area contributed by atoms with Gasteiger partial charge in [0.05, 0.1) is 18.3 Å². The van der Waals surface area contributed by atoms with Crippen molar-refractivity contribution in [2.75, 3.05) is 7.11 Å². The smallest absolute Gasteiger partial charge is 0.123 e. The molecule has 0 bridgehead atoms. The standard InChI is InChI=1S/C26H18FNO/c1-29-21-13-8-18(9-14-21)23-16-25(19-6-11-20(27)12-7-19)28-24-15-10-17-4-2-3-5-22(17)26(23)24/h2-16H,1H3. The number of ether oxygens (including phenoxy) is 1. The van der Waals surface area contributed by atoms with Crippen LogP contribution in [0.1, 0.15) is 0 Å². The van der Waals surface area contributed by atoms with Crippen LogP contribution in [-0.4, -0.2) is 12.1 Å². The van der Waals surface area contributed by atoms with Crippen molar-refractivity contribution in [2.24, 2.45) is 0 Å². The molecular weight excluding hydrogens is 361 g/mol. The molecule has 0 fully saturated rings. The maximum atomic E-state index is 13.4. The van der Waals surface area contributed by atoms with Crippen LogP contribution in [0, 0.1) is 5.82 Å². The maximum absolute atomic E-state index is 13.4. The Balaban J connectivity index is 1.84. The number of fused-ring (bicyclic) bond motifs is 3. The zero-order chi connectivity index (χ0) is 19.8. The van der Waals surface area contributed by atoms with Crippen molar-refractivity contribution in [1.29, 1.82) is 0 Å². The van der Waals surface area contributed by atoms with Crippen LogP contribution in [0.15, 0.2) is 91.0 Å². The third kappa shape index (κ3) is 3.11. The van der Waals surface area contributed by atoms with E-state index in [9.17, 15) is 4.39 Å². The van der Waals surface area contributed by atoms with Gasteiger partial charge in [0, 0.05) is 10.9 Å². The average Bonchev–Trinajstić information content (AvgIpc) is 2.78. The highest BCUT2D eigenvalue weighted by molar-refractivity contribution is 6.13. The topological polar surface area (TPSA) is 22.1 Å². The first-order chi connectivity index (χ1) is 14.2. The largest absolute Gasteiger partial charge is 0.497 e. The Hall–Kier alpha value is -3.72. The average molecular weight is 379 g/mol. The van der Waals surface area contributed by atoms with E-state index in [1.165, 1.54) is 17.5 Å². The summed E-state index contributed by atoms with van der Waals surface area (Å²) < 4.78 is 18.7. The highest BCUT2D eigenvalue weighted by Crippen LogP contribution is 2.37. The van der Waals surface area contributed by atoms with Gasteiger partial charge in [-0.2, -0.15) is 0 Å². The quantitative estimate of drug-likeness (QED) is 0.319. The Morgan fingerprint density at radius 2 is 1.48 bits per heavy atom. The first-order valence-electron chi connectivity index (χ1n) is 9.46. The summed E-state index contributed by atoms with van der Waals surface area (Å²) in [5.41, 5.74) is 4.79. The van der Waals surface area contributed by atoms with E-state index in [-0.39, 0.29) is 5.82 Å². The minimum Gasteiger partial charge on any atom is -0.497 e. The molecule has 5 aromatic rings. The van der Waals surface area contributed by atoms with Gasteiger partial charge in [-0.05, 0) is 70.4 Å². The van der Waals surface area contributed by atoms with Gasteiger partial charge in [-0.1, -0.05) is 42.5 Å². The summed E-state index contributed by atoms with van der Waals surface area (Å²) in [5.74, 6) is 0.562. The molecule has 5 rings (SSSR count). The third-order valence-electron chi connectivity index (χ3n) is 5.24. The number of aromatic nitrogens is 1. The van der Waals surface area contributed by atoms with Crippen molar-refractivity contribution in [2.45, 2.75) is 0 Å². The molecule has 140 valence electrons. The summed E-state index contributed by atoms with van der Waals surface area (Å²) in [6.07, 6.45) is 0. The molecule has 29 heavy (non-hydrogen) atoms. The fraction of sp³-hybridized carbons (Fsp3) is 0.0385. The Morgan fingerprint density at radius 1 is 0.759 bits per heavy atom. The minimum absolute atomic E-state index is 0.254. The summed E-state index contributed by atoms with van der Waals surface area (Å²) in [7, 11) is 1.66. The van der Waals surface area contributed by atoms with E-state index in [1.54, 1.807) is 19.2 Å². The van der Waals surface area contributed by atoms with Gasteiger partial charge in [-0.15, -0.1) is 0 Å². The van der Waals surface area contributed by atoms with E-state index in [0.717, 1.165) is 44.4 Å². The predicted molar refractivity (Wildman–Crippen MR) is 117 cm³/mol. The van der Waals surface area contributed by atoms with Crippen LogP contribution in [0.2, 0.25) is 0 Å². The van der Waals surface area contributed by atoms with E-state index in [4.69, 9.17) is 9.72 Å². The highest BCUT2D eigenvalue weighted by atomic mass is 19.1. The lowest BCUT2D eigenvalue weighted by atomic mass is 9.94. The van der Waals surface area contributed by atoms with E-state index in [0.29, 0.717) is 0 Å². The lowest BCUT2D eigenvalue weighted by Crippen LogP contribution is -1.92. The molecular formula is C26H18FNO. The molecule has 0 aliphatic carbocycles. The van der Waals surface area contributed by atoms with Gasteiger partial charge in [0.25, 0.3) is 0 Å². The number of methoxy groups -OCH3 is 1. The summed E-state index contributed by atoms with van der Waals surface area (Å²) in [5, 5.41) is 3.44. The molecule has 0 saturated heterocycles.